The number of nitrogens with zero attached hydrogens (tertiary/aromatic N) is 2. The third kappa shape index (κ3) is 5.61. The molecule has 0 aliphatic rings. The topological polar surface area (TPSA) is 46.9 Å². The Balaban J connectivity index is 1.50. The third-order valence-electron chi connectivity index (χ3n) is 4.28. The quantitative estimate of drug-likeness (QED) is 0.569. The number of rotatable bonds is 8. The van der Waals surface area contributed by atoms with Crippen LogP contribution in [0.1, 0.15) is 27.4 Å². The Morgan fingerprint density at radius 2 is 2.00 bits per heavy atom. The number of carbonyl (C=O) groups excluding carboxylic acids is 1. The van der Waals surface area contributed by atoms with Crippen molar-refractivity contribution in [3.05, 3.63) is 74.2 Å². The fourth-order valence-electron chi connectivity index (χ4n) is 2.81. The van der Waals surface area contributed by atoms with E-state index in [1.807, 2.05) is 41.9 Å². The summed E-state index contributed by atoms with van der Waals surface area (Å²) in [5, 5.41) is 7.65. The molecule has 1 N–H and O–H groups in total. The van der Waals surface area contributed by atoms with Gasteiger partial charge in [-0.2, -0.15) is 5.10 Å². The van der Waals surface area contributed by atoms with Crippen molar-refractivity contribution in [2.45, 2.75) is 32.7 Å². The van der Waals surface area contributed by atoms with E-state index in [9.17, 15) is 4.79 Å². The second-order valence-corrected chi connectivity index (χ2v) is 9.05. The Kier molecular flexibility index (Phi) is 6.99. The molecule has 3 rings (SSSR count). The van der Waals surface area contributed by atoms with E-state index in [1.165, 1.54) is 10.4 Å². The van der Waals surface area contributed by atoms with E-state index >= 15 is 0 Å². The summed E-state index contributed by atoms with van der Waals surface area (Å²) in [6, 6.07) is 14.2. The molecule has 0 radical (unpaired) electrons. The molecule has 0 spiro atoms. The second-order valence-electron chi connectivity index (χ2n) is 6.27. The van der Waals surface area contributed by atoms with E-state index in [1.54, 1.807) is 23.1 Å². The molecule has 1 aromatic carbocycles. The molecule has 2 heterocycles. The number of aryl methyl sites for hydroxylation is 1. The molecule has 142 valence electrons. The Morgan fingerprint density at radius 1 is 1.22 bits per heavy atom. The van der Waals surface area contributed by atoms with Crippen LogP contribution in [0.25, 0.3) is 0 Å². The smallest absolute Gasteiger partial charge is 0.230 e. The van der Waals surface area contributed by atoms with Gasteiger partial charge in [0.15, 0.2) is 0 Å². The lowest BCUT2D eigenvalue weighted by molar-refractivity contribution is -0.118. The molecule has 0 atom stereocenters. The highest BCUT2D eigenvalue weighted by Crippen LogP contribution is 2.25. The predicted octanol–water partition coefficient (Wildman–Crippen LogP) is 4.81. The van der Waals surface area contributed by atoms with Gasteiger partial charge >= 0.3 is 0 Å². The van der Waals surface area contributed by atoms with Crippen LogP contribution in [0, 0.1) is 13.8 Å². The third-order valence-corrected chi connectivity index (χ3v) is 6.67. The number of thiophene rings is 1. The van der Waals surface area contributed by atoms with Crippen molar-refractivity contribution in [2.24, 2.45) is 0 Å². The van der Waals surface area contributed by atoms with Crippen molar-refractivity contribution in [3.8, 4) is 0 Å². The zero-order valence-electron chi connectivity index (χ0n) is 15.4. The second kappa shape index (κ2) is 9.44. The van der Waals surface area contributed by atoms with E-state index in [4.69, 9.17) is 11.6 Å². The lowest BCUT2D eigenvalue weighted by Gasteiger charge is -2.07. The molecule has 27 heavy (non-hydrogen) atoms. The molecular weight excluding hydrogens is 398 g/mol. The molecule has 3 aromatic rings. The van der Waals surface area contributed by atoms with Crippen LogP contribution in [0.3, 0.4) is 0 Å². The van der Waals surface area contributed by atoms with Crippen LogP contribution in [0.4, 0.5) is 0 Å². The summed E-state index contributed by atoms with van der Waals surface area (Å²) >= 11 is 9.08. The molecule has 7 heteroatoms. The first-order valence-electron chi connectivity index (χ1n) is 8.68. The highest BCUT2D eigenvalue weighted by Gasteiger charge is 2.13. The van der Waals surface area contributed by atoms with Gasteiger partial charge in [-0.05, 0) is 31.5 Å². The molecule has 2 aromatic heterocycles. The van der Waals surface area contributed by atoms with Gasteiger partial charge < -0.3 is 5.32 Å². The summed E-state index contributed by atoms with van der Waals surface area (Å²) in [7, 11) is 0. The fraction of sp³-hybridized carbons (Fsp3) is 0.300. The molecule has 0 aliphatic carbocycles. The minimum Gasteiger partial charge on any atom is -0.351 e. The summed E-state index contributed by atoms with van der Waals surface area (Å²) in [6.07, 6.45) is 0. The van der Waals surface area contributed by atoms with Crippen LogP contribution in [0.15, 0.2) is 42.5 Å². The van der Waals surface area contributed by atoms with Crippen LogP contribution < -0.4 is 5.32 Å². The number of thioether (sulfide) groups is 1. The summed E-state index contributed by atoms with van der Waals surface area (Å²) in [6.45, 7) is 5.29. The average Bonchev–Trinajstić information content (AvgIpc) is 3.17. The van der Waals surface area contributed by atoms with Gasteiger partial charge in [-0.1, -0.05) is 41.9 Å². The van der Waals surface area contributed by atoms with Crippen molar-refractivity contribution < 1.29 is 4.79 Å². The van der Waals surface area contributed by atoms with Crippen LogP contribution in [-0.2, 0) is 23.6 Å². The van der Waals surface area contributed by atoms with Crippen molar-refractivity contribution in [1.29, 1.82) is 0 Å². The SMILES string of the molecule is Cc1nn(Cc2ccccc2)c(C)c1CNC(=O)CSCc1ccc(Cl)s1. The van der Waals surface area contributed by atoms with Crippen LogP contribution >= 0.6 is 34.7 Å². The van der Waals surface area contributed by atoms with Gasteiger partial charge in [0, 0.05) is 28.4 Å². The van der Waals surface area contributed by atoms with Crippen LogP contribution in [0.2, 0.25) is 4.34 Å². The molecule has 1 amide bonds. The lowest BCUT2D eigenvalue weighted by Crippen LogP contribution is -2.25. The standard InChI is InChI=1S/C20H22ClN3OS2/c1-14-18(15(2)24(23-14)11-16-6-4-3-5-7-16)10-22-20(25)13-26-12-17-8-9-19(21)27-17/h3-9H,10-13H2,1-2H3,(H,22,25). The molecular formula is C20H22ClN3OS2. The number of hydrogen-bond donors (Lipinski definition) is 1. The number of amides is 1. The number of nitrogens with one attached hydrogen (secondary N) is 1. The number of aromatic nitrogens is 2. The number of carbonyl (C=O) groups is 1. The summed E-state index contributed by atoms with van der Waals surface area (Å²) < 4.78 is 2.79. The van der Waals surface area contributed by atoms with Crippen molar-refractivity contribution >= 4 is 40.6 Å². The average molecular weight is 420 g/mol. The maximum Gasteiger partial charge on any atom is 0.230 e. The van der Waals surface area contributed by atoms with Gasteiger partial charge in [-0.3, -0.25) is 9.48 Å². The highest BCUT2D eigenvalue weighted by molar-refractivity contribution is 7.99. The van der Waals surface area contributed by atoms with Gasteiger partial charge in [0.05, 0.1) is 22.3 Å². The first-order chi connectivity index (χ1) is 13.0. The zero-order valence-corrected chi connectivity index (χ0v) is 17.8. The number of halogens is 1. The Hall–Kier alpha value is -1.76. The number of benzene rings is 1. The summed E-state index contributed by atoms with van der Waals surface area (Å²) in [5.74, 6) is 1.28. The van der Waals surface area contributed by atoms with Crippen molar-refractivity contribution in [1.82, 2.24) is 15.1 Å². The molecule has 0 bridgehead atoms. The van der Waals surface area contributed by atoms with E-state index in [-0.39, 0.29) is 5.91 Å². The Morgan fingerprint density at radius 3 is 2.70 bits per heavy atom. The monoisotopic (exact) mass is 419 g/mol. The van der Waals surface area contributed by atoms with Gasteiger partial charge in [-0.15, -0.1) is 23.1 Å². The minimum atomic E-state index is 0.0391. The predicted molar refractivity (Wildman–Crippen MR) is 115 cm³/mol. The van der Waals surface area contributed by atoms with Gasteiger partial charge in [-0.25, -0.2) is 0 Å². The maximum absolute atomic E-state index is 12.2. The Labute approximate surface area is 172 Å². The zero-order chi connectivity index (χ0) is 19.2. The van der Waals surface area contributed by atoms with Crippen molar-refractivity contribution in [3.63, 3.8) is 0 Å². The summed E-state index contributed by atoms with van der Waals surface area (Å²) in [4.78, 5) is 13.3. The first-order valence-corrected chi connectivity index (χ1v) is 11.0. The molecule has 4 nitrogen and oxygen atoms in total. The van der Waals surface area contributed by atoms with Crippen LogP contribution in [-0.4, -0.2) is 21.4 Å². The first kappa shape index (κ1) is 20.0. The minimum absolute atomic E-state index is 0.0391. The molecule has 0 saturated carbocycles. The van der Waals surface area contributed by atoms with Gasteiger partial charge in [0.1, 0.15) is 0 Å². The maximum atomic E-state index is 12.2. The normalized spacial score (nSPS) is 10.9. The van der Waals surface area contributed by atoms with Gasteiger partial charge in [0.2, 0.25) is 5.91 Å². The van der Waals surface area contributed by atoms with Crippen LogP contribution in [0.5, 0.6) is 0 Å². The van der Waals surface area contributed by atoms with E-state index in [0.717, 1.165) is 33.6 Å². The summed E-state index contributed by atoms with van der Waals surface area (Å²) in [5.41, 5.74) is 4.36. The molecule has 0 aliphatic heterocycles. The Bertz CT molecular complexity index is 905. The highest BCUT2D eigenvalue weighted by atomic mass is 35.5. The van der Waals surface area contributed by atoms with E-state index in [2.05, 4.69) is 29.5 Å². The van der Waals surface area contributed by atoms with E-state index in [0.29, 0.717) is 12.3 Å². The van der Waals surface area contributed by atoms with Gasteiger partial charge in [0.25, 0.3) is 0 Å². The fourth-order valence-corrected chi connectivity index (χ4v) is 4.87. The lowest BCUT2D eigenvalue weighted by atomic mass is 10.2. The molecule has 0 saturated heterocycles. The largest absolute Gasteiger partial charge is 0.351 e. The van der Waals surface area contributed by atoms with Crippen molar-refractivity contribution in [2.75, 3.05) is 5.75 Å². The molecule has 0 fully saturated rings. The molecule has 0 unspecified atom stereocenters. The van der Waals surface area contributed by atoms with E-state index < -0.39 is 0 Å². The number of hydrogen-bond acceptors (Lipinski definition) is 4.